The second kappa shape index (κ2) is 5.54. The molecule has 0 saturated carbocycles. The second-order valence-corrected chi connectivity index (χ2v) is 3.26. The minimum absolute atomic E-state index is 0. The van der Waals surface area contributed by atoms with Crippen LogP contribution in [0.15, 0.2) is 28.7 Å². The molecule has 0 fully saturated rings. The van der Waals surface area contributed by atoms with Crippen LogP contribution in [0.25, 0.3) is 0 Å². The summed E-state index contributed by atoms with van der Waals surface area (Å²) in [4.78, 5) is 0. The molecular formula is C8H11BrClNO. The Bertz CT molecular complexity index is 244. The van der Waals surface area contributed by atoms with Gasteiger partial charge in [-0.25, -0.2) is 0 Å². The van der Waals surface area contributed by atoms with Crippen molar-refractivity contribution in [3.05, 3.63) is 34.3 Å². The fourth-order valence-corrected chi connectivity index (χ4v) is 1.26. The van der Waals surface area contributed by atoms with Gasteiger partial charge in [-0.05, 0) is 17.7 Å². The zero-order chi connectivity index (χ0) is 8.27. The largest absolute Gasteiger partial charge is 0.394 e. The quantitative estimate of drug-likeness (QED) is 0.844. The summed E-state index contributed by atoms with van der Waals surface area (Å²) in [5, 5.41) is 8.74. The van der Waals surface area contributed by atoms with Gasteiger partial charge in [-0.2, -0.15) is 0 Å². The van der Waals surface area contributed by atoms with Crippen LogP contribution in [0.5, 0.6) is 0 Å². The molecule has 0 aliphatic rings. The average molecular weight is 253 g/mol. The van der Waals surface area contributed by atoms with Crippen LogP contribution in [0, 0.1) is 0 Å². The molecule has 0 unspecified atom stereocenters. The molecule has 1 atom stereocenters. The van der Waals surface area contributed by atoms with Gasteiger partial charge in [0.15, 0.2) is 0 Å². The van der Waals surface area contributed by atoms with Crippen LogP contribution < -0.4 is 5.73 Å². The highest BCUT2D eigenvalue weighted by Gasteiger charge is 2.02. The van der Waals surface area contributed by atoms with E-state index in [0.29, 0.717) is 0 Å². The van der Waals surface area contributed by atoms with E-state index in [-0.39, 0.29) is 25.1 Å². The highest BCUT2D eigenvalue weighted by atomic mass is 79.9. The van der Waals surface area contributed by atoms with Crippen LogP contribution in [0.2, 0.25) is 0 Å². The molecule has 12 heavy (non-hydrogen) atoms. The summed E-state index contributed by atoms with van der Waals surface area (Å²) in [7, 11) is 0. The molecule has 68 valence electrons. The first kappa shape index (κ1) is 11.9. The SMILES string of the molecule is Cl.N[C@@H](CO)c1cccc(Br)c1. The van der Waals surface area contributed by atoms with Gasteiger partial charge in [0, 0.05) is 4.47 Å². The lowest BCUT2D eigenvalue weighted by Gasteiger charge is -2.07. The molecule has 0 bridgehead atoms. The fraction of sp³-hybridized carbons (Fsp3) is 0.250. The normalized spacial score (nSPS) is 11.9. The first-order valence-corrected chi connectivity index (χ1v) is 4.15. The monoisotopic (exact) mass is 251 g/mol. The van der Waals surface area contributed by atoms with Crippen molar-refractivity contribution < 1.29 is 5.11 Å². The highest BCUT2D eigenvalue weighted by Crippen LogP contribution is 2.15. The molecule has 3 N–H and O–H groups in total. The van der Waals surface area contributed by atoms with Crippen molar-refractivity contribution >= 4 is 28.3 Å². The molecule has 1 rings (SSSR count). The Morgan fingerprint density at radius 1 is 1.50 bits per heavy atom. The van der Waals surface area contributed by atoms with Gasteiger partial charge in [-0.3, -0.25) is 0 Å². The maximum atomic E-state index is 8.74. The maximum absolute atomic E-state index is 8.74. The fourth-order valence-electron chi connectivity index (χ4n) is 0.843. The number of hydrogen-bond donors (Lipinski definition) is 2. The van der Waals surface area contributed by atoms with Gasteiger partial charge in [0.1, 0.15) is 0 Å². The Morgan fingerprint density at radius 3 is 2.67 bits per heavy atom. The van der Waals surface area contributed by atoms with Crippen molar-refractivity contribution in [2.75, 3.05) is 6.61 Å². The topological polar surface area (TPSA) is 46.2 Å². The van der Waals surface area contributed by atoms with Crippen LogP contribution in [-0.2, 0) is 0 Å². The molecule has 0 amide bonds. The van der Waals surface area contributed by atoms with Crippen LogP contribution in [-0.4, -0.2) is 11.7 Å². The standard InChI is InChI=1S/C8H10BrNO.ClH/c9-7-3-1-2-6(4-7)8(10)5-11;/h1-4,8,11H,5,10H2;1H/t8-;/m0./s1. The van der Waals surface area contributed by atoms with Crippen molar-refractivity contribution in [3.8, 4) is 0 Å². The number of rotatable bonds is 2. The Balaban J connectivity index is 0.00000121. The lowest BCUT2D eigenvalue weighted by molar-refractivity contribution is 0.268. The van der Waals surface area contributed by atoms with Crippen LogP contribution in [0.1, 0.15) is 11.6 Å². The Kier molecular flexibility index (Phi) is 5.50. The summed E-state index contributed by atoms with van der Waals surface area (Å²) < 4.78 is 0.985. The summed E-state index contributed by atoms with van der Waals surface area (Å²) in [5.74, 6) is 0. The van der Waals surface area contributed by atoms with Crippen molar-refractivity contribution in [2.45, 2.75) is 6.04 Å². The third-order valence-corrected chi connectivity index (χ3v) is 1.97. The number of hydrogen-bond acceptors (Lipinski definition) is 2. The van der Waals surface area contributed by atoms with Crippen LogP contribution >= 0.6 is 28.3 Å². The molecule has 4 heteroatoms. The smallest absolute Gasteiger partial charge is 0.0624 e. The molecule has 0 aromatic heterocycles. The van der Waals surface area contributed by atoms with Gasteiger partial charge < -0.3 is 10.8 Å². The van der Waals surface area contributed by atoms with Crippen molar-refractivity contribution in [2.24, 2.45) is 5.73 Å². The van der Waals surface area contributed by atoms with Crippen LogP contribution in [0.4, 0.5) is 0 Å². The predicted molar refractivity (Wildman–Crippen MR) is 55.4 cm³/mol. The van der Waals surface area contributed by atoms with Crippen molar-refractivity contribution in [1.29, 1.82) is 0 Å². The van der Waals surface area contributed by atoms with E-state index in [2.05, 4.69) is 15.9 Å². The summed E-state index contributed by atoms with van der Waals surface area (Å²) in [6.45, 7) is -0.0174. The molecule has 0 aliphatic heterocycles. The van der Waals surface area contributed by atoms with Crippen molar-refractivity contribution in [1.82, 2.24) is 0 Å². The molecule has 0 heterocycles. The molecule has 0 radical (unpaired) electrons. The molecule has 0 aliphatic carbocycles. The van der Waals surface area contributed by atoms with Gasteiger partial charge in [0.05, 0.1) is 12.6 Å². The first-order valence-electron chi connectivity index (χ1n) is 3.36. The van der Waals surface area contributed by atoms with Crippen LogP contribution in [0.3, 0.4) is 0 Å². The second-order valence-electron chi connectivity index (χ2n) is 2.34. The molecule has 0 spiro atoms. The predicted octanol–water partition coefficient (Wildman–Crippen LogP) is 1.86. The zero-order valence-electron chi connectivity index (χ0n) is 6.40. The van der Waals surface area contributed by atoms with E-state index in [1.165, 1.54) is 0 Å². The average Bonchev–Trinajstić information content (AvgIpc) is 2.03. The van der Waals surface area contributed by atoms with E-state index in [1.54, 1.807) is 0 Å². The van der Waals surface area contributed by atoms with E-state index >= 15 is 0 Å². The molecule has 2 nitrogen and oxygen atoms in total. The first-order chi connectivity index (χ1) is 5.24. The van der Waals surface area contributed by atoms with Gasteiger partial charge in [-0.15, -0.1) is 12.4 Å². The minimum atomic E-state index is -0.271. The Hall–Kier alpha value is -0.0900. The number of benzene rings is 1. The van der Waals surface area contributed by atoms with E-state index in [1.807, 2.05) is 24.3 Å². The molecule has 1 aromatic carbocycles. The minimum Gasteiger partial charge on any atom is -0.394 e. The molecule has 1 aromatic rings. The molecule has 0 saturated heterocycles. The van der Waals surface area contributed by atoms with Gasteiger partial charge in [0.2, 0.25) is 0 Å². The third kappa shape index (κ3) is 3.11. The van der Waals surface area contributed by atoms with Crippen molar-refractivity contribution in [3.63, 3.8) is 0 Å². The van der Waals surface area contributed by atoms with E-state index in [0.717, 1.165) is 10.0 Å². The van der Waals surface area contributed by atoms with E-state index < -0.39 is 0 Å². The van der Waals surface area contributed by atoms with Gasteiger partial charge in [-0.1, -0.05) is 28.1 Å². The maximum Gasteiger partial charge on any atom is 0.0624 e. The zero-order valence-corrected chi connectivity index (χ0v) is 8.81. The molecular weight excluding hydrogens is 241 g/mol. The highest BCUT2D eigenvalue weighted by molar-refractivity contribution is 9.10. The summed E-state index contributed by atoms with van der Waals surface area (Å²) in [5.41, 5.74) is 6.54. The van der Waals surface area contributed by atoms with E-state index in [9.17, 15) is 0 Å². The van der Waals surface area contributed by atoms with E-state index in [4.69, 9.17) is 10.8 Å². The summed E-state index contributed by atoms with van der Waals surface area (Å²) in [6, 6.07) is 7.35. The third-order valence-electron chi connectivity index (χ3n) is 1.47. The lowest BCUT2D eigenvalue weighted by Crippen LogP contribution is -2.14. The lowest BCUT2D eigenvalue weighted by atomic mass is 10.1. The number of nitrogens with two attached hydrogens (primary N) is 1. The number of halogens is 2. The summed E-state index contributed by atoms with van der Waals surface area (Å²) in [6.07, 6.45) is 0. The Labute approximate surface area is 86.3 Å². The van der Waals surface area contributed by atoms with Gasteiger partial charge >= 0.3 is 0 Å². The summed E-state index contributed by atoms with van der Waals surface area (Å²) >= 11 is 3.32. The Morgan fingerprint density at radius 2 is 2.17 bits per heavy atom. The number of aliphatic hydroxyl groups is 1. The number of aliphatic hydroxyl groups excluding tert-OH is 1. The van der Waals surface area contributed by atoms with Gasteiger partial charge in [0.25, 0.3) is 0 Å².